The van der Waals surface area contributed by atoms with Crippen molar-refractivity contribution >= 4 is 39.5 Å². The Kier molecular flexibility index (Phi) is 70.8. The first kappa shape index (κ1) is 96.2. The molecule has 0 saturated heterocycles. The van der Waals surface area contributed by atoms with Crippen LogP contribution >= 0.6 is 15.6 Å². The first-order valence-corrected chi connectivity index (χ1v) is 42.8. The molecule has 0 aliphatic carbocycles. The van der Waals surface area contributed by atoms with Gasteiger partial charge >= 0.3 is 39.5 Å². The molecule has 19 heteroatoms. The quantitative estimate of drug-likeness (QED) is 0.0169. The van der Waals surface area contributed by atoms with Crippen LogP contribution in [0, 0.1) is 0 Å². The third kappa shape index (κ3) is 72.6. The second-order valence-corrected chi connectivity index (χ2v) is 29.5. The predicted octanol–water partition coefficient (Wildman–Crippen LogP) is 23.0. The molecule has 0 spiro atoms. The number of hydrogen-bond donors (Lipinski definition) is 3. The monoisotopic (exact) mass is 1450 g/mol. The number of ether oxygens (including phenoxy) is 4. The number of carbonyl (C=O) groups excluding carboxylic acids is 4. The van der Waals surface area contributed by atoms with Crippen molar-refractivity contribution < 1.29 is 80.2 Å². The second kappa shape index (κ2) is 73.5. The van der Waals surface area contributed by atoms with E-state index in [1.165, 1.54) is 83.5 Å². The fraction of sp³-hybridized carbons (Fsp3) is 0.778. The highest BCUT2D eigenvalue weighted by molar-refractivity contribution is 7.47. The lowest BCUT2D eigenvalue weighted by Crippen LogP contribution is -2.30. The Labute approximate surface area is 608 Å². The van der Waals surface area contributed by atoms with Crippen LogP contribution in [-0.2, 0) is 65.4 Å². The van der Waals surface area contributed by atoms with Crippen molar-refractivity contribution in [3.8, 4) is 0 Å². The third-order valence-electron chi connectivity index (χ3n) is 16.8. The summed E-state index contributed by atoms with van der Waals surface area (Å²) in [6, 6.07) is 0. The average molecular weight is 1450 g/mol. The molecule has 3 N–H and O–H groups in total. The molecule has 100 heavy (non-hydrogen) atoms. The lowest BCUT2D eigenvalue weighted by atomic mass is 10.1. The summed E-state index contributed by atoms with van der Waals surface area (Å²) in [4.78, 5) is 72.9. The van der Waals surface area contributed by atoms with Gasteiger partial charge in [-0.3, -0.25) is 37.3 Å². The van der Waals surface area contributed by atoms with Crippen LogP contribution in [0.4, 0.5) is 0 Å². The zero-order chi connectivity index (χ0) is 73.2. The predicted molar refractivity (Wildman–Crippen MR) is 409 cm³/mol. The van der Waals surface area contributed by atoms with Gasteiger partial charge in [0.2, 0.25) is 0 Å². The van der Waals surface area contributed by atoms with Gasteiger partial charge in [0.15, 0.2) is 12.2 Å². The molecule has 0 heterocycles. The minimum absolute atomic E-state index is 0.0764. The maximum Gasteiger partial charge on any atom is 0.472 e. The normalized spacial score (nSPS) is 14.3. The molecule has 0 fully saturated rings. The zero-order valence-electron chi connectivity index (χ0n) is 63.4. The number of phosphoric ester groups is 2. The molecule has 0 aromatic carbocycles. The lowest BCUT2D eigenvalue weighted by molar-refractivity contribution is -0.161. The minimum atomic E-state index is -4.98. The third-order valence-corrected chi connectivity index (χ3v) is 18.7. The molecule has 0 aliphatic rings. The smallest absolute Gasteiger partial charge is 0.462 e. The van der Waals surface area contributed by atoms with Crippen molar-refractivity contribution in [2.24, 2.45) is 0 Å². The Balaban J connectivity index is 5.33. The van der Waals surface area contributed by atoms with E-state index in [0.717, 1.165) is 186 Å². The van der Waals surface area contributed by atoms with Gasteiger partial charge in [-0.15, -0.1) is 0 Å². The van der Waals surface area contributed by atoms with Crippen LogP contribution in [0.25, 0.3) is 0 Å². The Hall–Kier alpha value is -3.76. The van der Waals surface area contributed by atoms with Crippen molar-refractivity contribution in [1.29, 1.82) is 0 Å². The molecule has 0 aromatic heterocycles. The molecular formula is C81H144O17P2. The number of unbranched alkanes of at least 4 members (excludes halogenated alkanes) is 35. The van der Waals surface area contributed by atoms with Crippen molar-refractivity contribution in [2.45, 2.75) is 367 Å². The maximum absolute atomic E-state index is 13.1. The number of carbonyl (C=O) groups is 4. The Morgan fingerprint density at radius 3 is 0.830 bits per heavy atom. The minimum Gasteiger partial charge on any atom is -0.462 e. The fourth-order valence-electron chi connectivity index (χ4n) is 10.7. The van der Waals surface area contributed by atoms with Crippen LogP contribution in [-0.4, -0.2) is 96.7 Å². The van der Waals surface area contributed by atoms with Crippen LogP contribution in [0.5, 0.6) is 0 Å². The Bertz CT molecular complexity index is 2230. The molecule has 0 radical (unpaired) electrons. The molecule has 0 aliphatic heterocycles. The largest absolute Gasteiger partial charge is 0.472 e. The van der Waals surface area contributed by atoms with Crippen LogP contribution in [0.2, 0.25) is 0 Å². The standard InChI is InChI=1S/C81H144O17P2/c1-5-9-13-17-21-25-29-33-35-36-37-38-40-44-46-50-54-58-62-66-79(84)92-72-77(98-81(86)68-64-60-56-52-48-42-32-28-24-20-16-12-8-4)74-96-100(89,90)94-70-75(82)69-93-99(87,88)95-73-76(97-80(85)67-63-59-55-51-47-41-31-27-23-19-15-11-7-3)71-91-78(83)65-61-57-53-49-45-43-39-34-30-26-22-18-14-10-6-2/h16,20-21,25,27-28,31-35,37-39,75-77,82H,5-15,17-19,22-24,26,29-30,36,40-74H2,1-4H3,(H,87,88)(H,89,90)/b20-16-,25-21-,31-27-,32-28-,35-33-,38-37-,39-34-. The summed E-state index contributed by atoms with van der Waals surface area (Å²) in [5, 5.41) is 10.6. The fourth-order valence-corrected chi connectivity index (χ4v) is 12.2. The molecular weight excluding hydrogens is 1310 g/mol. The molecule has 0 aromatic rings. The van der Waals surface area contributed by atoms with E-state index in [1.54, 1.807) is 0 Å². The van der Waals surface area contributed by atoms with E-state index < -0.39 is 97.5 Å². The van der Waals surface area contributed by atoms with E-state index in [0.29, 0.717) is 25.7 Å². The van der Waals surface area contributed by atoms with Crippen molar-refractivity contribution in [3.05, 3.63) is 85.1 Å². The molecule has 0 saturated carbocycles. The number of aliphatic hydroxyl groups excluding tert-OH is 1. The number of allylic oxidation sites excluding steroid dienone is 14. The maximum atomic E-state index is 13.1. The first-order valence-electron chi connectivity index (χ1n) is 39.8. The van der Waals surface area contributed by atoms with E-state index in [2.05, 4.69) is 113 Å². The van der Waals surface area contributed by atoms with E-state index in [4.69, 9.17) is 37.0 Å². The van der Waals surface area contributed by atoms with Gasteiger partial charge in [0.05, 0.1) is 26.4 Å². The second-order valence-electron chi connectivity index (χ2n) is 26.6. The summed E-state index contributed by atoms with van der Waals surface area (Å²) >= 11 is 0. The number of hydrogen-bond acceptors (Lipinski definition) is 15. The van der Waals surface area contributed by atoms with Gasteiger partial charge in [-0.2, -0.15) is 0 Å². The zero-order valence-corrected chi connectivity index (χ0v) is 65.2. The molecule has 0 amide bonds. The molecule has 0 bridgehead atoms. The number of aliphatic hydroxyl groups is 1. The molecule has 580 valence electrons. The summed E-state index contributed by atoms with van der Waals surface area (Å²) in [6.45, 7) is 4.75. The topological polar surface area (TPSA) is 237 Å². The first-order chi connectivity index (χ1) is 48.7. The summed E-state index contributed by atoms with van der Waals surface area (Å²) < 4.78 is 68.5. The van der Waals surface area contributed by atoms with Gasteiger partial charge in [-0.25, -0.2) is 9.13 Å². The lowest BCUT2D eigenvalue weighted by Gasteiger charge is -2.21. The molecule has 5 atom stereocenters. The van der Waals surface area contributed by atoms with Gasteiger partial charge < -0.3 is 33.8 Å². The van der Waals surface area contributed by atoms with Gasteiger partial charge in [-0.1, -0.05) is 267 Å². The highest BCUT2D eigenvalue weighted by Crippen LogP contribution is 2.45. The Morgan fingerprint density at radius 1 is 0.280 bits per heavy atom. The summed E-state index contributed by atoms with van der Waals surface area (Å²) in [5.74, 6) is -2.20. The Morgan fingerprint density at radius 2 is 0.510 bits per heavy atom. The number of rotatable bonds is 75. The summed E-state index contributed by atoms with van der Waals surface area (Å²) in [5.41, 5.74) is 0. The average Bonchev–Trinajstić information content (AvgIpc) is 0.946. The van der Waals surface area contributed by atoms with Gasteiger partial charge in [-0.05, 0) is 141 Å². The molecule has 5 unspecified atom stereocenters. The summed E-state index contributed by atoms with van der Waals surface area (Å²) in [6.07, 6.45) is 75.6. The van der Waals surface area contributed by atoms with E-state index in [9.17, 15) is 43.2 Å². The van der Waals surface area contributed by atoms with Crippen LogP contribution in [0.1, 0.15) is 349 Å². The van der Waals surface area contributed by atoms with Gasteiger partial charge in [0, 0.05) is 25.7 Å². The SMILES string of the molecule is CCC/C=C\C/C=C\CCCCCCCC(=O)OC(COC(=O)CCCCCCCC/C=C\C/C=C\C/C=C\CCCCC)COP(=O)(O)OCC(O)COP(=O)(O)OCC(COC(=O)CCCCCCC/C=C\CCCCCCCC)OC(=O)CCCCCCC/C=C\CCCCCC. The van der Waals surface area contributed by atoms with Crippen molar-refractivity contribution in [2.75, 3.05) is 39.6 Å². The van der Waals surface area contributed by atoms with Crippen molar-refractivity contribution in [3.63, 3.8) is 0 Å². The molecule has 0 rings (SSSR count). The van der Waals surface area contributed by atoms with Gasteiger partial charge in [0.25, 0.3) is 0 Å². The highest BCUT2D eigenvalue weighted by atomic mass is 31.2. The highest BCUT2D eigenvalue weighted by Gasteiger charge is 2.30. The van der Waals surface area contributed by atoms with Crippen LogP contribution in [0.15, 0.2) is 85.1 Å². The van der Waals surface area contributed by atoms with Gasteiger partial charge in [0.1, 0.15) is 19.3 Å². The van der Waals surface area contributed by atoms with E-state index in [1.807, 2.05) is 0 Å². The van der Waals surface area contributed by atoms with Crippen LogP contribution in [0.3, 0.4) is 0 Å². The van der Waals surface area contributed by atoms with Crippen LogP contribution < -0.4 is 0 Å². The summed E-state index contributed by atoms with van der Waals surface area (Å²) in [7, 11) is -9.96. The van der Waals surface area contributed by atoms with E-state index in [-0.39, 0.29) is 25.7 Å². The number of esters is 4. The number of phosphoric acid groups is 2. The molecule has 17 nitrogen and oxygen atoms in total. The van der Waals surface area contributed by atoms with E-state index >= 15 is 0 Å². The van der Waals surface area contributed by atoms with Crippen molar-refractivity contribution in [1.82, 2.24) is 0 Å².